The lowest BCUT2D eigenvalue weighted by Crippen LogP contribution is -2.47. The van der Waals surface area contributed by atoms with E-state index in [1.54, 1.807) is 18.2 Å². The highest BCUT2D eigenvalue weighted by molar-refractivity contribution is 7.92. The van der Waals surface area contributed by atoms with Crippen molar-refractivity contribution in [1.82, 2.24) is 5.32 Å². The Bertz CT molecular complexity index is 1160. The van der Waals surface area contributed by atoms with Gasteiger partial charge >= 0.3 is 0 Å². The van der Waals surface area contributed by atoms with E-state index in [-0.39, 0.29) is 31.1 Å². The first-order valence-corrected chi connectivity index (χ1v) is 12.3. The Hall–Kier alpha value is -2.76. The Balaban J connectivity index is 1.44. The van der Waals surface area contributed by atoms with Crippen molar-refractivity contribution < 1.29 is 36.6 Å². The number of amides is 1. The van der Waals surface area contributed by atoms with Gasteiger partial charge in [-0.2, -0.15) is 0 Å². The molecule has 2 heterocycles. The molecule has 3 N–H and O–H groups in total. The van der Waals surface area contributed by atoms with Gasteiger partial charge in [-0.05, 0) is 42.8 Å². The maximum atomic E-state index is 13.8. The van der Waals surface area contributed by atoms with Gasteiger partial charge in [0, 0.05) is 29.3 Å². The molecule has 1 fully saturated rings. The van der Waals surface area contributed by atoms with E-state index < -0.39 is 45.9 Å². The van der Waals surface area contributed by atoms with Crippen LogP contribution >= 0.6 is 0 Å². The third-order valence-electron chi connectivity index (χ3n) is 5.70. The van der Waals surface area contributed by atoms with Gasteiger partial charge in [0.2, 0.25) is 15.9 Å². The van der Waals surface area contributed by atoms with Gasteiger partial charge in [0.05, 0.1) is 25.4 Å². The van der Waals surface area contributed by atoms with Crippen LogP contribution in [0.2, 0.25) is 0 Å². The van der Waals surface area contributed by atoms with Crippen LogP contribution in [0, 0.1) is 11.6 Å². The van der Waals surface area contributed by atoms with Crippen molar-refractivity contribution >= 4 is 21.6 Å². The highest BCUT2D eigenvalue weighted by Gasteiger charge is 2.46. The SMILES string of the molecule is CS(=O)(=O)Nc1ccc2c(c1)[C@@H]1C[C@@H](CC(=O)NCc3cc(F)ccc3F)O[C@H](CO)[C@@H]1O2. The number of hydrogen-bond acceptors (Lipinski definition) is 6. The highest BCUT2D eigenvalue weighted by atomic mass is 32.2. The van der Waals surface area contributed by atoms with Crippen LogP contribution in [0.15, 0.2) is 36.4 Å². The van der Waals surface area contributed by atoms with Gasteiger partial charge in [0.1, 0.15) is 29.6 Å². The summed E-state index contributed by atoms with van der Waals surface area (Å²) < 4.78 is 64.5. The summed E-state index contributed by atoms with van der Waals surface area (Å²) in [5, 5.41) is 12.4. The Labute approximate surface area is 190 Å². The first kappa shape index (κ1) is 23.4. The van der Waals surface area contributed by atoms with E-state index in [0.717, 1.165) is 30.0 Å². The number of aliphatic hydroxyl groups is 1. The lowest BCUT2D eigenvalue weighted by Gasteiger charge is -2.37. The van der Waals surface area contributed by atoms with Crippen LogP contribution in [0.4, 0.5) is 14.5 Å². The fourth-order valence-corrected chi connectivity index (χ4v) is 4.87. The summed E-state index contributed by atoms with van der Waals surface area (Å²) in [5.41, 5.74) is 1.19. The van der Waals surface area contributed by atoms with Crippen LogP contribution in [-0.2, 0) is 26.1 Å². The molecule has 33 heavy (non-hydrogen) atoms. The molecule has 0 radical (unpaired) electrons. The van der Waals surface area contributed by atoms with E-state index in [4.69, 9.17) is 9.47 Å². The quantitative estimate of drug-likeness (QED) is 0.557. The normalized spacial score (nSPS) is 23.9. The number of ether oxygens (including phenoxy) is 2. The minimum absolute atomic E-state index is 0.0326. The molecule has 4 rings (SSSR count). The van der Waals surface area contributed by atoms with Gasteiger partial charge in [0.15, 0.2) is 0 Å². The molecule has 0 spiro atoms. The molecule has 2 aliphatic rings. The van der Waals surface area contributed by atoms with Crippen LogP contribution < -0.4 is 14.8 Å². The first-order valence-electron chi connectivity index (χ1n) is 10.4. The third-order valence-corrected chi connectivity index (χ3v) is 6.31. The van der Waals surface area contributed by atoms with Gasteiger partial charge in [0.25, 0.3) is 0 Å². The molecule has 4 atom stereocenters. The summed E-state index contributed by atoms with van der Waals surface area (Å²) in [7, 11) is -3.46. The van der Waals surface area contributed by atoms with Crippen molar-refractivity contribution in [1.29, 1.82) is 0 Å². The van der Waals surface area contributed by atoms with Crippen molar-refractivity contribution in [2.24, 2.45) is 0 Å². The molecule has 2 aromatic carbocycles. The highest BCUT2D eigenvalue weighted by Crippen LogP contribution is 2.47. The largest absolute Gasteiger partial charge is 0.487 e. The fourth-order valence-electron chi connectivity index (χ4n) is 4.32. The number of aliphatic hydroxyl groups excluding tert-OH is 1. The fraction of sp³-hybridized carbons (Fsp3) is 0.409. The molecule has 1 saturated heterocycles. The smallest absolute Gasteiger partial charge is 0.229 e. The number of anilines is 1. The van der Waals surface area contributed by atoms with E-state index in [1.807, 2.05) is 0 Å². The second-order valence-corrected chi connectivity index (χ2v) is 10.00. The van der Waals surface area contributed by atoms with Crippen molar-refractivity contribution in [3.05, 3.63) is 59.2 Å². The molecule has 0 bridgehead atoms. The molecule has 0 aromatic heterocycles. The second-order valence-electron chi connectivity index (χ2n) is 8.25. The molecular formula is C22H24F2N2O6S. The number of carbonyl (C=O) groups is 1. The monoisotopic (exact) mass is 482 g/mol. The topological polar surface area (TPSA) is 114 Å². The Kier molecular flexibility index (Phi) is 6.55. The van der Waals surface area contributed by atoms with E-state index in [9.17, 15) is 27.1 Å². The first-order chi connectivity index (χ1) is 15.6. The van der Waals surface area contributed by atoms with Crippen LogP contribution in [0.5, 0.6) is 5.75 Å². The number of halogens is 2. The number of nitrogens with one attached hydrogen (secondary N) is 2. The van der Waals surface area contributed by atoms with Crippen LogP contribution in [0.25, 0.3) is 0 Å². The average molecular weight is 483 g/mol. The summed E-state index contributed by atoms with van der Waals surface area (Å²) >= 11 is 0. The summed E-state index contributed by atoms with van der Waals surface area (Å²) in [6, 6.07) is 7.95. The van der Waals surface area contributed by atoms with Gasteiger partial charge in [-0.1, -0.05) is 0 Å². The molecule has 8 nitrogen and oxygen atoms in total. The predicted molar refractivity (Wildman–Crippen MR) is 115 cm³/mol. The average Bonchev–Trinajstić information content (AvgIpc) is 3.10. The third kappa shape index (κ3) is 5.43. The van der Waals surface area contributed by atoms with Crippen LogP contribution in [0.3, 0.4) is 0 Å². The molecule has 0 aliphatic carbocycles. The minimum Gasteiger partial charge on any atom is -0.487 e. The Morgan fingerprint density at radius 1 is 1.21 bits per heavy atom. The van der Waals surface area contributed by atoms with E-state index in [1.165, 1.54) is 0 Å². The molecule has 2 aliphatic heterocycles. The molecule has 2 aromatic rings. The van der Waals surface area contributed by atoms with Crippen molar-refractivity contribution in [3.63, 3.8) is 0 Å². The second kappa shape index (κ2) is 9.24. The molecular weight excluding hydrogens is 458 g/mol. The number of rotatable bonds is 7. The molecule has 0 unspecified atom stereocenters. The summed E-state index contributed by atoms with van der Waals surface area (Å²) in [4.78, 5) is 12.4. The van der Waals surface area contributed by atoms with Crippen LogP contribution in [-0.4, -0.2) is 50.6 Å². The van der Waals surface area contributed by atoms with Crippen molar-refractivity contribution in [2.45, 2.75) is 43.6 Å². The number of hydrogen-bond donors (Lipinski definition) is 3. The zero-order valence-corrected chi connectivity index (χ0v) is 18.6. The van der Waals surface area contributed by atoms with Gasteiger partial charge in [-0.3, -0.25) is 9.52 Å². The maximum Gasteiger partial charge on any atom is 0.229 e. The zero-order valence-electron chi connectivity index (χ0n) is 17.8. The predicted octanol–water partition coefficient (Wildman–Crippen LogP) is 2.04. The molecule has 11 heteroatoms. The number of benzene rings is 2. The van der Waals surface area contributed by atoms with Crippen molar-refractivity contribution in [2.75, 3.05) is 17.6 Å². The standard InChI is InChI=1S/C22H24F2N2O6S/c1-33(29,30)26-14-3-5-19-16(7-14)17-8-15(31-20(11-27)22(17)32-19)9-21(28)25-10-12-6-13(23)2-4-18(12)24/h2-7,15,17,20,22,26-27H,8-11H2,1H3,(H,25,28)/t15-,17-,20+,22+/m0/s1. The summed E-state index contributed by atoms with van der Waals surface area (Å²) in [6.07, 6.45) is -0.298. The zero-order chi connectivity index (χ0) is 23.8. The minimum atomic E-state index is -3.46. The van der Waals surface area contributed by atoms with Gasteiger partial charge in [-0.25, -0.2) is 17.2 Å². The van der Waals surface area contributed by atoms with Crippen molar-refractivity contribution in [3.8, 4) is 5.75 Å². The molecule has 178 valence electrons. The Morgan fingerprint density at radius 2 is 2.00 bits per heavy atom. The van der Waals surface area contributed by atoms with Gasteiger partial charge < -0.3 is 19.9 Å². The summed E-state index contributed by atoms with van der Waals surface area (Å²) in [5.74, 6) is -1.28. The lowest BCUT2D eigenvalue weighted by molar-refractivity contribution is -0.142. The van der Waals surface area contributed by atoms with E-state index >= 15 is 0 Å². The van der Waals surface area contributed by atoms with E-state index in [2.05, 4.69) is 10.0 Å². The molecule has 0 saturated carbocycles. The van der Waals surface area contributed by atoms with E-state index in [0.29, 0.717) is 17.9 Å². The Morgan fingerprint density at radius 3 is 2.73 bits per heavy atom. The summed E-state index contributed by atoms with van der Waals surface area (Å²) in [6.45, 7) is -0.493. The number of carbonyl (C=O) groups excluding carboxylic acids is 1. The number of sulfonamides is 1. The molecule has 1 amide bonds. The number of fused-ring (bicyclic) bond motifs is 3. The maximum absolute atomic E-state index is 13.8. The lowest BCUT2D eigenvalue weighted by atomic mass is 9.84. The van der Waals surface area contributed by atoms with Gasteiger partial charge in [-0.15, -0.1) is 0 Å². The van der Waals surface area contributed by atoms with Crippen LogP contribution in [0.1, 0.15) is 29.9 Å².